The van der Waals surface area contributed by atoms with Gasteiger partial charge in [-0.15, -0.1) is 24.8 Å². The van der Waals surface area contributed by atoms with E-state index in [1.807, 2.05) is 38.4 Å². The average molecular weight is 350 g/mol. The molecule has 1 amide bonds. The molecule has 5 nitrogen and oxygen atoms in total. The predicted octanol–water partition coefficient (Wildman–Crippen LogP) is 2.16. The van der Waals surface area contributed by atoms with Crippen LogP contribution in [-0.4, -0.2) is 50.6 Å². The summed E-state index contributed by atoms with van der Waals surface area (Å²) in [6.07, 6.45) is 1.98. The maximum Gasteiger partial charge on any atom is 0.241 e. The van der Waals surface area contributed by atoms with E-state index in [1.54, 1.807) is 0 Å². The lowest BCUT2D eigenvalue weighted by Crippen LogP contribution is -2.35. The van der Waals surface area contributed by atoms with Gasteiger partial charge in [-0.05, 0) is 57.7 Å². The van der Waals surface area contributed by atoms with Crippen LogP contribution in [0.1, 0.15) is 12.8 Å². The summed E-state index contributed by atoms with van der Waals surface area (Å²) >= 11 is 0. The van der Waals surface area contributed by atoms with Gasteiger partial charge >= 0.3 is 0 Å². The van der Waals surface area contributed by atoms with Gasteiger partial charge in [-0.25, -0.2) is 0 Å². The number of rotatable bonds is 6. The van der Waals surface area contributed by atoms with E-state index in [0.717, 1.165) is 37.4 Å². The monoisotopic (exact) mass is 349 g/mol. The predicted molar refractivity (Wildman–Crippen MR) is 94.6 cm³/mol. The second-order valence-electron chi connectivity index (χ2n) is 5.31. The van der Waals surface area contributed by atoms with Gasteiger partial charge in [0.2, 0.25) is 5.91 Å². The van der Waals surface area contributed by atoms with E-state index in [4.69, 9.17) is 4.74 Å². The highest BCUT2D eigenvalue weighted by atomic mass is 35.5. The van der Waals surface area contributed by atoms with E-state index in [0.29, 0.717) is 6.61 Å². The van der Waals surface area contributed by atoms with Crippen molar-refractivity contribution < 1.29 is 9.53 Å². The number of anilines is 1. The third-order valence-corrected chi connectivity index (χ3v) is 3.31. The van der Waals surface area contributed by atoms with Crippen LogP contribution in [0.3, 0.4) is 0 Å². The molecule has 0 bridgehead atoms. The Morgan fingerprint density at radius 2 is 2.00 bits per heavy atom. The standard InChI is InChI=1S/C15H23N3O2.2ClH/c1-18(2)10-11-20-13-7-5-12(6-8-13)17-15(19)14-4-3-9-16-14;;/h5-8,14,16H,3-4,9-11H2,1-2H3,(H,17,19);2*1H/t14-;;/m0../s1. The first-order chi connectivity index (χ1) is 9.65. The van der Waals surface area contributed by atoms with E-state index in [9.17, 15) is 4.79 Å². The number of benzene rings is 1. The average Bonchev–Trinajstić information content (AvgIpc) is 2.94. The zero-order valence-electron chi connectivity index (χ0n) is 13.0. The Morgan fingerprint density at radius 3 is 2.55 bits per heavy atom. The van der Waals surface area contributed by atoms with Crippen LogP contribution < -0.4 is 15.4 Å². The highest BCUT2D eigenvalue weighted by molar-refractivity contribution is 5.95. The number of ether oxygens (including phenoxy) is 1. The van der Waals surface area contributed by atoms with Gasteiger partial charge in [0.1, 0.15) is 12.4 Å². The van der Waals surface area contributed by atoms with Gasteiger partial charge in [0, 0.05) is 12.2 Å². The van der Waals surface area contributed by atoms with Crippen molar-refractivity contribution in [2.24, 2.45) is 0 Å². The third-order valence-electron chi connectivity index (χ3n) is 3.31. The van der Waals surface area contributed by atoms with E-state index >= 15 is 0 Å². The molecule has 1 aromatic rings. The highest BCUT2D eigenvalue weighted by Gasteiger charge is 2.21. The molecule has 1 atom stereocenters. The molecule has 1 aliphatic heterocycles. The number of likely N-dealkylation sites (N-methyl/N-ethyl adjacent to an activating group) is 1. The number of hydrogen-bond acceptors (Lipinski definition) is 4. The lowest BCUT2D eigenvalue weighted by molar-refractivity contribution is -0.117. The van der Waals surface area contributed by atoms with E-state index in [1.165, 1.54) is 0 Å². The van der Waals surface area contributed by atoms with Crippen molar-refractivity contribution in [3.8, 4) is 5.75 Å². The summed E-state index contributed by atoms with van der Waals surface area (Å²) in [4.78, 5) is 14.0. The summed E-state index contributed by atoms with van der Waals surface area (Å²) in [5, 5.41) is 6.11. The number of nitrogens with zero attached hydrogens (tertiary/aromatic N) is 1. The van der Waals surface area contributed by atoms with Gasteiger partial charge in [-0.2, -0.15) is 0 Å². The molecule has 2 rings (SSSR count). The lowest BCUT2D eigenvalue weighted by atomic mass is 10.2. The molecule has 126 valence electrons. The Kier molecular flexibility index (Phi) is 10.2. The van der Waals surface area contributed by atoms with Crippen molar-refractivity contribution in [2.45, 2.75) is 18.9 Å². The Labute approximate surface area is 144 Å². The fourth-order valence-electron chi connectivity index (χ4n) is 2.12. The number of carbonyl (C=O) groups excluding carboxylic acids is 1. The van der Waals surface area contributed by atoms with Crippen LogP contribution in [0.25, 0.3) is 0 Å². The molecule has 7 heteroatoms. The van der Waals surface area contributed by atoms with Crippen LogP contribution in [0.4, 0.5) is 5.69 Å². The topological polar surface area (TPSA) is 53.6 Å². The molecule has 0 aromatic heterocycles. The van der Waals surface area contributed by atoms with Gasteiger partial charge < -0.3 is 20.3 Å². The highest BCUT2D eigenvalue weighted by Crippen LogP contribution is 2.16. The van der Waals surface area contributed by atoms with Crippen molar-refractivity contribution in [1.29, 1.82) is 0 Å². The largest absolute Gasteiger partial charge is 0.492 e. The minimum atomic E-state index is -0.0500. The minimum absolute atomic E-state index is 0. The maximum atomic E-state index is 11.9. The number of hydrogen-bond donors (Lipinski definition) is 2. The first kappa shape index (κ1) is 21.0. The first-order valence-electron chi connectivity index (χ1n) is 7.07. The summed E-state index contributed by atoms with van der Waals surface area (Å²) in [6.45, 7) is 2.47. The molecule has 1 fully saturated rings. The molecule has 1 heterocycles. The molecular formula is C15H25Cl2N3O2. The minimum Gasteiger partial charge on any atom is -0.492 e. The van der Waals surface area contributed by atoms with Crippen molar-refractivity contribution in [2.75, 3.05) is 39.1 Å². The van der Waals surface area contributed by atoms with E-state index in [2.05, 4.69) is 15.5 Å². The van der Waals surface area contributed by atoms with Gasteiger partial charge in [-0.1, -0.05) is 0 Å². The van der Waals surface area contributed by atoms with Gasteiger partial charge in [0.15, 0.2) is 0 Å². The van der Waals surface area contributed by atoms with Crippen molar-refractivity contribution in [1.82, 2.24) is 10.2 Å². The number of amides is 1. The number of nitrogens with one attached hydrogen (secondary N) is 2. The van der Waals surface area contributed by atoms with Crippen LogP contribution in [0, 0.1) is 0 Å². The summed E-state index contributed by atoms with van der Waals surface area (Å²) < 4.78 is 5.61. The van der Waals surface area contributed by atoms with Crippen molar-refractivity contribution in [3.63, 3.8) is 0 Å². The quantitative estimate of drug-likeness (QED) is 0.826. The molecule has 2 N–H and O–H groups in total. The maximum absolute atomic E-state index is 11.9. The molecule has 0 saturated carbocycles. The molecule has 0 unspecified atom stereocenters. The molecule has 1 saturated heterocycles. The normalized spacial score (nSPS) is 16.6. The Morgan fingerprint density at radius 1 is 1.32 bits per heavy atom. The third kappa shape index (κ3) is 6.83. The van der Waals surface area contributed by atoms with Gasteiger partial charge in [-0.3, -0.25) is 4.79 Å². The molecule has 0 aliphatic carbocycles. The Bertz CT molecular complexity index is 435. The zero-order valence-corrected chi connectivity index (χ0v) is 14.6. The second-order valence-corrected chi connectivity index (χ2v) is 5.31. The summed E-state index contributed by atoms with van der Waals surface area (Å²) in [6, 6.07) is 7.46. The zero-order chi connectivity index (χ0) is 14.4. The summed E-state index contributed by atoms with van der Waals surface area (Å²) in [5.74, 6) is 0.868. The lowest BCUT2D eigenvalue weighted by Gasteiger charge is -2.13. The molecule has 1 aliphatic rings. The Hall–Kier alpha value is -1.01. The van der Waals surface area contributed by atoms with Crippen LogP contribution in [0.2, 0.25) is 0 Å². The summed E-state index contributed by atoms with van der Waals surface area (Å²) in [5.41, 5.74) is 0.809. The van der Waals surface area contributed by atoms with E-state index < -0.39 is 0 Å². The van der Waals surface area contributed by atoms with Crippen molar-refractivity contribution in [3.05, 3.63) is 24.3 Å². The van der Waals surface area contributed by atoms with Crippen LogP contribution >= 0.6 is 24.8 Å². The number of halogens is 2. The smallest absolute Gasteiger partial charge is 0.241 e. The summed E-state index contributed by atoms with van der Waals surface area (Å²) in [7, 11) is 4.03. The SMILES string of the molecule is CN(C)CCOc1ccc(NC(=O)[C@@H]2CCCN2)cc1.Cl.Cl. The fraction of sp³-hybridized carbons (Fsp3) is 0.533. The van der Waals surface area contributed by atoms with Crippen LogP contribution in [0.15, 0.2) is 24.3 Å². The number of carbonyl (C=O) groups is 1. The van der Waals surface area contributed by atoms with Gasteiger partial charge in [0.25, 0.3) is 0 Å². The Balaban J connectivity index is 0.00000220. The van der Waals surface area contributed by atoms with Crippen LogP contribution in [-0.2, 0) is 4.79 Å². The molecular weight excluding hydrogens is 325 g/mol. The van der Waals surface area contributed by atoms with Crippen LogP contribution in [0.5, 0.6) is 5.75 Å². The molecule has 22 heavy (non-hydrogen) atoms. The fourth-order valence-corrected chi connectivity index (χ4v) is 2.12. The van der Waals surface area contributed by atoms with Gasteiger partial charge in [0.05, 0.1) is 6.04 Å². The second kappa shape index (κ2) is 10.7. The molecule has 1 aromatic carbocycles. The van der Waals surface area contributed by atoms with E-state index in [-0.39, 0.29) is 36.8 Å². The molecule has 0 spiro atoms. The molecule has 0 radical (unpaired) electrons. The van der Waals surface area contributed by atoms with Crippen molar-refractivity contribution >= 4 is 36.4 Å². The first-order valence-corrected chi connectivity index (χ1v) is 7.07.